The zero-order valence-corrected chi connectivity index (χ0v) is 19.6. The molecule has 8 heteroatoms. The molecule has 0 saturated carbocycles. The van der Waals surface area contributed by atoms with Gasteiger partial charge in [-0.15, -0.1) is 11.3 Å². The van der Waals surface area contributed by atoms with Gasteiger partial charge in [-0.25, -0.2) is 9.56 Å². The van der Waals surface area contributed by atoms with Crippen LogP contribution in [0.4, 0.5) is 5.69 Å². The minimum atomic E-state index is 0.625. The third kappa shape index (κ3) is 4.58. The van der Waals surface area contributed by atoms with Gasteiger partial charge < -0.3 is 14.4 Å². The molecule has 0 aromatic heterocycles. The molecule has 0 amide bonds. The number of aromatic nitrogens is 1. The monoisotopic (exact) mass is 466 g/mol. The number of hydrogen-bond acceptors (Lipinski definition) is 5. The smallest absolute Gasteiger partial charge is 0.202 e. The Bertz CT molecular complexity index is 1070. The fourth-order valence-electron chi connectivity index (χ4n) is 3.84. The molecule has 5 nitrogen and oxygen atoms in total. The summed E-state index contributed by atoms with van der Waals surface area (Å²) in [6.45, 7) is 4.95. The molecule has 4 rings (SSSR count). The van der Waals surface area contributed by atoms with Crippen LogP contribution in [0.25, 0.3) is 20.8 Å². The molecule has 1 aromatic rings. The summed E-state index contributed by atoms with van der Waals surface area (Å²) in [4.78, 5) is 8.13. The molecule has 0 atom stereocenters. The SMILES string of the molecule is COCCN(CCOC)c1cc(Cl)c2nc3c(Cl)cc(=[N+]4CCCC4)cc-3sc2c1. The summed E-state index contributed by atoms with van der Waals surface area (Å²) in [6, 6.07) is 8.35. The van der Waals surface area contributed by atoms with E-state index in [-0.39, 0.29) is 0 Å². The van der Waals surface area contributed by atoms with E-state index in [4.69, 9.17) is 37.7 Å². The van der Waals surface area contributed by atoms with Crippen molar-refractivity contribution < 1.29 is 9.47 Å². The van der Waals surface area contributed by atoms with Crippen molar-refractivity contribution >= 4 is 50.4 Å². The molecule has 0 unspecified atom stereocenters. The summed E-state index contributed by atoms with van der Waals surface area (Å²) in [5.74, 6) is 0. The predicted molar refractivity (Wildman–Crippen MR) is 126 cm³/mol. The molecule has 1 fully saturated rings. The van der Waals surface area contributed by atoms with Gasteiger partial charge in [0, 0.05) is 58.0 Å². The van der Waals surface area contributed by atoms with E-state index in [9.17, 15) is 0 Å². The quantitative estimate of drug-likeness (QED) is 0.382. The van der Waals surface area contributed by atoms with E-state index in [0.29, 0.717) is 23.3 Å². The molecule has 1 aliphatic carbocycles. The lowest BCUT2D eigenvalue weighted by Gasteiger charge is -2.25. The van der Waals surface area contributed by atoms with Crippen molar-refractivity contribution in [1.29, 1.82) is 0 Å². The zero-order chi connectivity index (χ0) is 21.1. The highest BCUT2D eigenvalue weighted by atomic mass is 35.5. The molecular weight excluding hydrogens is 441 g/mol. The first-order valence-electron chi connectivity index (χ1n) is 10.1. The standard InChI is InChI=1S/C22H26Cl2N3O2S/c1-28-9-7-27(8-10-29-2)16-12-18(24)22-20(14-16)30-19-13-15(26-5-3-4-6-26)11-17(23)21(19)25-22/h11-14H,3-10H2,1-2H3/q+1. The van der Waals surface area contributed by atoms with Crippen molar-refractivity contribution in [3.05, 3.63) is 39.7 Å². The van der Waals surface area contributed by atoms with Crippen molar-refractivity contribution in [2.75, 3.05) is 58.5 Å². The van der Waals surface area contributed by atoms with E-state index >= 15 is 0 Å². The van der Waals surface area contributed by atoms with Crippen LogP contribution < -0.4 is 14.8 Å². The van der Waals surface area contributed by atoms with Gasteiger partial charge in [0.15, 0.2) is 0 Å². The second kappa shape index (κ2) is 9.79. The molecule has 30 heavy (non-hydrogen) atoms. The lowest BCUT2D eigenvalue weighted by molar-refractivity contribution is 0.190. The highest BCUT2D eigenvalue weighted by Gasteiger charge is 2.20. The largest absolute Gasteiger partial charge is 0.383 e. The van der Waals surface area contributed by atoms with Crippen LogP contribution >= 0.6 is 34.5 Å². The number of ether oxygens (including phenoxy) is 2. The second-order valence-electron chi connectivity index (χ2n) is 7.43. The van der Waals surface area contributed by atoms with Gasteiger partial charge in [0.1, 0.15) is 18.8 Å². The molecular formula is C22H26Cl2N3O2S+. The van der Waals surface area contributed by atoms with E-state index in [1.807, 2.05) is 12.1 Å². The lowest BCUT2D eigenvalue weighted by Crippen LogP contribution is -2.30. The number of fused-ring (bicyclic) bond motifs is 2. The van der Waals surface area contributed by atoms with Crippen molar-refractivity contribution in [1.82, 2.24) is 9.56 Å². The summed E-state index contributed by atoms with van der Waals surface area (Å²) in [5.41, 5.74) is 2.63. The van der Waals surface area contributed by atoms with Gasteiger partial charge in [-0.3, -0.25) is 0 Å². The summed E-state index contributed by atoms with van der Waals surface area (Å²) in [5, 5.41) is 2.47. The Morgan fingerprint density at radius 3 is 2.37 bits per heavy atom. The van der Waals surface area contributed by atoms with Crippen LogP contribution in [0.5, 0.6) is 0 Å². The first-order valence-corrected chi connectivity index (χ1v) is 11.7. The van der Waals surface area contributed by atoms with Crippen molar-refractivity contribution in [3.8, 4) is 10.6 Å². The van der Waals surface area contributed by atoms with Crippen molar-refractivity contribution in [2.24, 2.45) is 0 Å². The average molecular weight is 467 g/mol. The maximum Gasteiger partial charge on any atom is 0.202 e. The first-order chi connectivity index (χ1) is 14.6. The molecule has 2 heterocycles. The highest BCUT2D eigenvalue weighted by molar-refractivity contribution is 7.21. The molecule has 0 radical (unpaired) electrons. The Morgan fingerprint density at radius 2 is 1.70 bits per heavy atom. The minimum absolute atomic E-state index is 0.625. The topological polar surface area (TPSA) is 37.6 Å². The van der Waals surface area contributed by atoms with Gasteiger partial charge in [0.2, 0.25) is 5.36 Å². The van der Waals surface area contributed by atoms with Crippen LogP contribution in [-0.2, 0) is 9.47 Å². The normalized spacial score (nSPS) is 14.2. The molecule has 3 aliphatic rings. The molecule has 0 bridgehead atoms. The number of benzene rings is 2. The van der Waals surface area contributed by atoms with Gasteiger partial charge in [0.05, 0.1) is 38.4 Å². The van der Waals surface area contributed by atoms with E-state index in [2.05, 4.69) is 21.6 Å². The number of nitrogens with zero attached hydrogens (tertiary/aromatic N) is 3. The summed E-state index contributed by atoms with van der Waals surface area (Å²) < 4.78 is 14.0. The van der Waals surface area contributed by atoms with E-state index < -0.39 is 0 Å². The number of methoxy groups -OCH3 is 2. The molecule has 0 N–H and O–H groups in total. The van der Waals surface area contributed by atoms with Crippen LogP contribution in [0.2, 0.25) is 10.0 Å². The van der Waals surface area contributed by atoms with Gasteiger partial charge in [-0.05, 0) is 12.1 Å². The van der Waals surface area contributed by atoms with Crippen LogP contribution in [-0.4, -0.2) is 58.6 Å². The van der Waals surface area contributed by atoms with Crippen LogP contribution in [0.15, 0.2) is 24.3 Å². The van der Waals surface area contributed by atoms with Crippen molar-refractivity contribution in [2.45, 2.75) is 12.8 Å². The summed E-state index contributed by atoms with van der Waals surface area (Å²) >= 11 is 15.0. The maximum atomic E-state index is 6.67. The molecule has 1 saturated heterocycles. The average Bonchev–Trinajstić information content (AvgIpc) is 3.28. The van der Waals surface area contributed by atoms with E-state index in [1.165, 1.54) is 18.2 Å². The van der Waals surface area contributed by atoms with Crippen molar-refractivity contribution in [3.63, 3.8) is 0 Å². The molecule has 0 spiro atoms. The van der Waals surface area contributed by atoms with Crippen LogP contribution in [0.1, 0.15) is 12.8 Å². The van der Waals surface area contributed by atoms with Crippen LogP contribution in [0.3, 0.4) is 0 Å². The second-order valence-corrected chi connectivity index (χ2v) is 9.33. The highest BCUT2D eigenvalue weighted by Crippen LogP contribution is 2.38. The fraction of sp³-hybridized carbons (Fsp3) is 0.455. The summed E-state index contributed by atoms with van der Waals surface area (Å²) in [6.07, 6.45) is 2.46. The molecule has 2 aliphatic heterocycles. The van der Waals surface area contributed by atoms with E-state index in [0.717, 1.165) is 52.7 Å². The Balaban J connectivity index is 1.83. The first kappa shape index (κ1) is 21.8. The maximum absolute atomic E-state index is 6.67. The number of halogens is 2. The Labute approximate surface area is 190 Å². The number of hydrogen-bond donors (Lipinski definition) is 0. The molecule has 1 aromatic carbocycles. The van der Waals surface area contributed by atoms with E-state index in [1.54, 1.807) is 25.6 Å². The van der Waals surface area contributed by atoms with Gasteiger partial charge in [-0.2, -0.15) is 0 Å². The van der Waals surface area contributed by atoms with Crippen LogP contribution in [0, 0.1) is 0 Å². The summed E-state index contributed by atoms with van der Waals surface area (Å²) in [7, 11) is 3.42. The Hall–Kier alpha value is -1.44. The number of rotatable bonds is 7. The van der Waals surface area contributed by atoms with Gasteiger partial charge >= 0.3 is 0 Å². The minimum Gasteiger partial charge on any atom is -0.383 e. The fourth-order valence-corrected chi connectivity index (χ4v) is 5.56. The third-order valence-corrected chi connectivity index (χ3v) is 7.08. The predicted octanol–water partition coefficient (Wildman–Crippen LogP) is 4.37. The zero-order valence-electron chi connectivity index (χ0n) is 17.3. The van der Waals surface area contributed by atoms with Gasteiger partial charge in [-0.1, -0.05) is 23.2 Å². The Kier molecular flexibility index (Phi) is 7.11. The lowest BCUT2D eigenvalue weighted by atomic mass is 10.2. The van der Waals surface area contributed by atoms with Gasteiger partial charge in [0.25, 0.3) is 0 Å². The molecule has 160 valence electrons. The number of anilines is 1. The Morgan fingerprint density at radius 1 is 1.00 bits per heavy atom. The third-order valence-electron chi connectivity index (χ3n) is 5.44.